The molecule has 0 aliphatic carbocycles. The van der Waals surface area contributed by atoms with Gasteiger partial charge in [0.25, 0.3) is 11.5 Å². The molecule has 1 unspecified atom stereocenters. The van der Waals surface area contributed by atoms with Crippen LogP contribution in [0.1, 0.15) is 36.3 Å². The maximum atomic E-state index is 12.4. The Balaban J connectivity index is 3.05. The Labute approximate surface area is 112 Å². The first-order chi connectivity index (χ1) is 9.13. The van der Waals surface area contributed by atoms with Gasteiger partial charge in [0.1, 0.15) is 11.3 Å². The number of H-pyrrole nitrogens is 1. The predicted octanol–water partition coefficient (Wildman–Crippen LogP) is 1.28. The average molecular weight is 292 g/mol. The molecule has 20 heavy (non-hydrogen) atoms. The second-order valence-electron chi connectivity index (χ2n) is 4.64. The third-order valence-electron chi connectivity index (χ3n) is 3.00. The van der Waals surface area contributed by atoms with Crippen molar-refractivity contribution in [1.82, 2.24) is 10.3 Å². The van der Waals surface area contributed by atoms with Crippen LogP contribution in [0, 0.1) is 0 Å². The van der Waals surface area contributed by atoms with E-state index in [-0.39, 0.29) is 6.61 Å². The van der Waals surface area contributed by atoms with Gasteiger partial charge in [-0.15, -0.1) is 0 Å². The fourth-order valence-electron chi connectivity index (χ4n) is 1.40. The van der Waals surface area contributed by atoms with E-state index in [9.17, 15) is 22.8 Å². The second kappa shape index (κ2) is 5.66. The van der Waals surface area contributed by atoms with Gasteiger partial charge in [0.15, 0.2) is 0 Å². The molecule has 1 rings (SSSR count). The summed E-state index contributed by atoms with van der Waals surface area (Å²) in [4.78, 5) is 25.0. The number of nitrogens with one attached hydrogen (secondary N) is 2. The summed E-state index contributed by atoms with van der Waals surface area (Å²) in [5.41, 5.74) is -3.73. The monoisotopic (exact) mass is 292 g/mol. The Morgan fingerprint density at radius 2 is 2.00 bits per heavy atom. The van der Waals surface area contributed by atoms with Crippen molar-refractivity contribution in [2.45, 2.75) is 32.0 Å². The molecule has 0 saturated carbocycles. The van der Waals surface area contributed by atoms with E-state index < -0.39 is 34.4 Å². The molecule has 0 spiro atoms. The molecule has 112 valence electrons. The summed E-state index contributed by atoms with van der Waals surface area (Å²) in [5.74, 6) is -0.835. The zero-order valence-corrected chi connectivity index (χ0v) is 11.0. The summed E-state index contributed by atoms with van der Waals surface area (Å²) in [6.45, 7) is 2.92. The number of pyridine rings is 1. The van der Waals surface area contributed by atoms with Crippen LogP contribution in [0.4, 0.5) is 13.2 Å². The van der Waals surface area contributed by atoms with Crippen molar-refractivity contribution < 1.29 is 23.1 Å². The van der Waals surface area contributed by atoms with Crippen molar-refractivity contribution in [3.63, 3.8) is 0 Å². The minimum atomic E-state index is -4.68. The number of halogens is 3. The molecule has 1 amide bonds. The number of alkyl halides is 3. The number of aromatic nitrogens is 1. The SMILES string of the molecule is CCC(C)(CO)NC(=O)c1ccc(C(F)(F)F)[nH]c1=O. The summed E-state index contributed by atoms with van der Waals surface area (Å²) in [6.07, 6.45) is -4.29. The maximum Gasteiger partial charge on any atom is 0.431 e. The average Bonchev–Trinajstić information content (AvgIpc) is 2.37. The number of aliphatic hydroxyl groups is 1. The molecule has 0 saturated heterocycles. The Morgan fingerprint density at radius 1 is 1.40 bits per heavy atom. The van der Waals surface area contributed by atoms with Gasteiger partial charge in [-0.3, -0.25) is 9.59 Å². The normalized spacial score (nSPS) is 14.7. The third kappa shape index (κ3) is 3.60. The summed E-state index contributed by atoms with van der Waals surface area (Å²) >= 11 is 0. The molecule has 5 nitrogen and oxygen atoms in total. The smallest absolute Gasteiger partial charge is 0.394 e. The fraction of sp³-hybridized carbons (Fsp3) is 0.500. The van der Waals surface area contributed by atoms with Crippen molar-refractivity contribution >= 4 is 5.91 Å². The van der Waals surface area contributed by atoms with E-state index in [1.807, 2.05) is 0 Å². The van der Waals surface area contributed by atoms with E-state index in [2.05, 4.69) is 5.32 Å². The molecule has 0 aliphatic heterocycles. The number of carbonyl (C=O) groups excluding carboxylic acids is 1. The highest BCUT2D eigenvalue weighted by Gasteiger charge is 2.32. The molecule has 0 fully saturated rings. The lowest BCUT2D eigenvalue weighted by molar-refractivity contribution is -0.141. The Hall–Kier alpha value is -1.83. The molecule has 0 aromatic carbocycles. The first kappa shape index (κ1) is 16.2. The molecular weight excluding hydrogens is 277 g/mol. The van der Waals surface area contributed by atoms with Crippen molar-refractivity contribution in [1.29, 1.82) is 0 Å². The number of hydrogen-bond donors (Lipinski definition) is 3. The van der Waals surface area contributed by atoms with Gasteiger partial charge in [0.2, 0.25) is 0 Å². The van der Waals surface area contributed by atoms with Crippen LogP contribution in [-0.2, 0) is 6.18 Å². The van der Waals surface area contributed by atoms with Gasteiger partial charge in [-0.2, -0.15) is 13.2 Å². The highest BCUT2D eigenvalue weighted by molar-refractivity contribution is 5.94. The number of aliphatic hydroxyl groups excluding tert-OH is 1. The van der Waals surface area contributed by atoms with E-state index in [1.165, 1.54) is 0 Å². The molecule has 1 aromatic rings. The molecular formula is C12H15F3N2O3. The molecule has 0 radical (unpaired) electrons. The van der Waals surface area contributed by atoms with E-state index >= 15 is 0 Å². The Bertz CT molecular complexity index is 548. The molecule has 8 heteroatoms. The van der Waals surface area contributed by atoms with Crippen molar-refractivity contribution in [2.75, 3.05) is 6.61 Å². The van der Waals surface area contributed by atoms with E-state index in [0.29, 0.717) is 12.5 Å². The molecule has 0 bridgehead atoms. The van der Waals surface area contributed by atoms with Crippen LogP contribution in [0.2, 0.25) is 0 Å². The quantitative estimate of drug-likeness (QED) is 0.782. The van der Waals surface area contributed by atoms with Gasteiger partial charge in [-0.1, -0.05) is 6.92 Å². The number of rotatable bonds is 4. The van der Waals surface area contributed by atoms with E-state index in [1.54, 1.807) is 18.8 Å². The van der Waals surface area contributed by atoms with Crippen molar-refractivity contribution in [3.8, 4) is 0 Å². The number of amides is 1. The lowest BCUT2D eigenvalue weighted by Crippen LogP contribution is -2.49. The van der Waals surface area contributed by atoms with Crippen molar-refractivity contribution in [2.24, 2.45) is 0 Å². The standard InChI is InChI=1S/C12H15F3N2O3/c1-3-11(2,6-18)17-10(20)7-4-5-8(12(13,14)15)16-9(7)19/h4-5,18H,3,6H2,1-2H3,(H,16,19)(H,17,20). The molecule has 1 heterocycles. The summed E-state index contributed by atoms with van der Waals surface area (Å²) in [5, 5.41) is 11.6. The summed E-state index contributed by atoms with van der Waals surface area (Å²) < 4.78 is 37.1. The highest BCUT2D eigenvalue weighted by atomic mass is 19.4. The largest absolute Gasteiger partial charge is 0.431 e. The van der Waals surface area contributed by atoms with Crippen LogP contribution in [0.25, 0.3) is 0 Å². The van der Waals surface area contributed by atoms with Gasteiger partial charge < -0.3 is 15.4 Å². The number of carbonyl (C=O) groups is 1. The van der Waals surface area contributed by atoms with Crippen LogP contribution in [0.3, 0.4) is 0 Å². The van der Waals surface area contributed by atoms with Crippen LogP contribution in [0.15, 0.2) is 16.9 Å². The predicted molar refractivity (Wildman–Crippen MR) is 65.3 cm³/mol. The molecule has 0 aliphatic rings. The van der Waals surface area contributed by atoms with Crippen LogP contribution >= 0.6 is 0 Å². The lowest BCUT2D eigenvalue weighted by Gasteiger charge is -2.27. The van der Waals surface area contributed by atoms with Gasteiger partial charge in [-0.25, -0.2) is 0 Å². The topological polar surface area (TPSA) is 82.2 Å². The molecule has 3 N–H and O–H groups in total. The summed E-state index contributed by atoms with van der Waals surface area (Å²) in [7, 11) is 0. The van der Waals surface area contributed by atoms with Crippen LogP contribution < -0.4 is 10.9 Å². The molecule has 1 atom stereocenters. The molecule has 1 aromatic heterocycles. The van der Waals surface area contributed by atoms with Crippen molar-refractivity contribution in [3.05, 3.63) is 33.7 Å². The van der Waals surface area contributed by atoms with Gasteiger partial charge in [-0.05, 0) is 25.5 Å². The van der Waals surface area contributed by atoms with E-state index in [4.69, 9.17) is 5.11 Å². The first-order valence-electron chi connectivity index (χ1n) is 5.87. The zero-order valence-electron chi connectivity index (χ0n) is 11.0. The first-order valence-corrected chi connectivity index (χ1v) is 5.87. The van der Waals surface area contributed by atoms with Gasteiger partial charge in [0.05, 0.1) is 12.1 Å². The Morgan fingerprint density at radius 3 is 2.40 bits per heavy atom. The third-order valence-corrected chi connectivity index (χ3v) is 3.00. The van der Waals surface area contributed by atoms with E-state index in [0.717, 1.165) is 6.07 Å². The highest BCUT2D eigenvalue weighted by Crippen LogP contribution is 2.26. The number of aromatic amines is 1. The summed E-state index contributed by atoms with van der Waals surface area (Å²) in [6, 6.07) is 1.43. The fourth-order valence-corrected chi connectivity index (χ4v) is 1.40. The van der Waals surface area contributed by atoms with Gasteiger partial charge in [0, 0.05) is 0 Å². The van der Waals surface area contributed by atoms with Crippen LogP contribution in [-0.4, -0.2) is 28.1 Å². The Kier molecular flexibility index (Phi) is 4.59. The number of hydrogen-bond acceptors (Lipinski definition) is 3. The lowest BCUT2D eigenvalue weighted by atomic mass is 10.00. The second-order valence-corrected chi connectivity index (χ2v) is 4.64. The zero-order chi connectivity index (χ0) is 15.6. The minimum Gasteiger partial charge on any atom is -0.394 e. The van der Waals surface area contributed by atoms with Crippen LogP contribution in [0.5, 0.6) is 0 Å². The van der Waals surface area contributed by atoms with Gasteiger partial charge >= 0.3 is 6.18 Å². The maximum absolute atomic E-state index is 12.4. The minimum absolute atomic E-state index is 0.353.